The van der Waals surface area contributed by atoms with Gasteiger partial charge in [-0.05, 0) is 35.2 Å². The highest BCUT2D eigenvalue weighted by molar-refractivity contribution is 6.12. The first-order valence-corrected chi connectivity index (χ1v) is 11.0. The second-order valence-electron chi connectivity index (χ2n) is 9.44. The van der Waals surface area contributed by atoms with Crippen molar-refractivity contribution in [3.05, 3.63) is 71.1 Å². The van der Waals surface area contributed by atoms with Gasteiger partial charge in [0.05, 0.1) is 12.5 Å². The molecule has 2 amide bonds. The van der Waals surface area contributed by atoms with E-state index in [1.54, 1.807) is 20.8 Å². The maximum atomic E-state index is 14.8. The standard InChI is InChI=1S/C25H22F5N3O5/c1-23(2,3)24(11-14(10-18(34)35)21(36)32-12-24)22(37)33-19(20-15(26)5-4-8-31-20)13-6-7-17(16(27)9-13)38-25(28,29)30/h4-9,11-12,19H,10H2,1-3H3,(H,33,37)(H,34,35). The van der Waals surface area contributed by atoms with E-state index in [0.717, 1.165) is 18.3 Å². The molecule has 38 heavy (non-hydrogen) atoms. The Balaban J connectivity index is 2.12. The predicted octanol–water partition coefficient (Wildman–Crippen LogP) is 4.51. The van der Waals surface area contributed by atoms with Gasteiger partial charge in [0.25, 0.3) is 5.91 Å². The predicted molar refractivity (Wildman–Crippen MR) is 123 cm³/mol. The third kappa shape index (κ3) is 6.03. The molecule has 0 fully saturated rings. The Labute approximate surface area is 213 Å². The molecule has 13 heteroatoms. The van der Waals surface area contributed by atoms with Gasteiger partial charge >= 0.3 is 12.3 Å². The van der Waals surface area contributed by atoms with Crippen LogP contribution in [0.1, 0.15) is 44.5 Å². The van der Waals surface area contributed by atoms with E-state index in [1.165, 1.54) is 18.3 Å². The largest absolute Gasteiger partial charge is 0.573 e. The maximum Gasteiger partial charge on any atom is 0.573 e. The lowest BCUT2D eigenvalue weighted by Crippen LogP contribution is -2.52. The zero-order valence-electron chi connectivity index (χ0n) is 20.3. The van der Waals surface area contributed by atoms with E-state index in [0.29, 0.717) is 12.1 Å². The number of carboxylic acids is 1. The number of rotatable bonds is 7. The smallest absolute Gasteiger partial charge is 0.481 e. The molecule has 1 aromatic heterocycles. The number of carbonyl (C=O) groups is 3. The Bertz CT molecular complexity index is 1330. The van der Waals surface area contributed by atoms with Crippen LogP contribution in [0.15, 0.2) is 53.2 Å². The van der Waals surface area contributed by atoms with Crippen molar-refractivity contribution < 1.29 is 46.2 Å². The molecule has 2 atom stereocenters. The van der Waals surface area contributed by atoms with Crippen molar-refractivity contribution in [1.29, 1.82) is 0 Å². The highest BCUT2D eigenvalue weighted by Gasteiger charge is 2.49. The van der Waals surface area contributed by atoms with Crippen LogP contribution >= 0.6 is 0 Å². The number of nitrogens with zero attached hydrogens (tertiary/aromatic N) is 2. The summed E-state index contributed by atoms with van der Waals surface area (Å²) in [4.78, 5) is 44.9. The van der Waals surface area contributed by atoms with Crippen LogP contribution in [0.4, 0.5) is 22.0 Å². The molecule has 1 aliphatic heterocycles. The minimum absolute atomic E-state index is 0.175. The van der Waals surface area contributed by atoms with Gasteiger partial charge in [0.15, 0.2) is 11.6 Å². The summed E-state index contributed by atoms with van der Waals surface area (Å²) < 4.78 is 70.7. The summed E-state index contributed by atoms with van der Waals surface area (Å²) in [6.07, 6.45) is -2.48. The van der Waals surface area contributed by atoms with E-state index in [1.807, 2.05) is 0 Å². The van der Waals surface area contributed by atoms with Crippen LogP contribution in [-0.4, -0.2) is 40.5 Å². The summed E-state index contributed by atoms with van der Waals surface area (Å²) in [6, 6.07) is 3.06. The number of amides is 2. The lowest BCUT2D eigenvalue weighted by molar-refractivity contribution is -0.275. The molecule has 8 nitrogen and oxygen atoms in total. The van der Waals surface area contributed by atoms with Crippen molar-refractivity contribution in [2.75, 3.05) is 0 Å². The Morgan fingerprint density at radius 2 is 1.82 bits per heavy atom. The monoisotopic (exact) mass is 539 g/mol. The van der Waals surface area contributed by atoms with E-state index in [9.17, 15) is 41.4 Å². The Morgan fingerprint density at radius 3 is 2.37 bits per heavy atom. The van der Waals surface area contributed by atoms with Gasteiger partial charge in [0, 0.05) is 18.0 Å². The second-order valence-corrected chi connectivity index (χ2v) is 9.44. The van der Waals surface area contributed by atoms with Crippen molar-refractivity contribution in [2.24, 2.45) is 15.8 Å². The fourth-order valence-corrected chi connectivity index (χ4v) is 3.86. The Morgan fingerprint density at radius 1 is 1.13 bits per heavy atom. The molecular weight excluding hydrogens is 517 g/mol. The molecule has 2 unspecified atom stereocenters. The fraction of sp³-hybridized carbons (Fsp3) is 0.320. The lowest BCUT2D eigenvalue weighted by atomic mass is 9.64. The first-order chi connectivity index (χ1) is 17.5. The topological polar surface area (TPSA) is 118 Å². The van der Waals surface area contributed by atoms with Crippen molar-refractivity contribution in [2.45, 2.75) is 39.6 Å². The van der Waals surface area contributed by atoms with Crippen molar-refractivity contribution >= 4 is 24.0 Å². The first kappa shape index (κ1) is 28.4. The second kappa shape index (κ2) is 10.3. The molecule has 0 radical (unpaired) electrons. The summed E-state index contributed by atoms with van der Waals surface area (Å²) in [5.41, 5.74) is -3.57. The molecule has 0 saturated carbocycles. The number of aromatic nitrogens is 1. The quantitative estimate of drug-likeness (QED) is 0.500. The molecule has 0 bridgehead atoms. The van der Waals surface area contributed by atoms with Gasteiger partial charge in [-0.3, -0.25) is 19.4 Å². The van der Waals surface area contributed by atoms with Crippen LogP contribution in [0.25, 0.3) is 0 Å². The summed E-state index contributed by atoms with van der Waals surface area (Å²) >= 11 is 0. The summed E-state index contributed by atoms with van der Waals surface area (Å²) in [5.74, 6) is -6.55. The number of halogens is 5. The number of dihydropyridines is 1. The molecular formula is C25H22F5N3O5. The number of hydrogen-bond acceptors (Lipinski definition) is 5. The zero-order chi connectivity index (χ0) is 28.5. The molecule has 1 aromatic carbocycles. The van der Waals surface area contributed by atoms with Crippen molar-refractivity contribution in [3.63, 3.8) is 0 Å². The Hall–Kier alpha value is -4.16. The van der Waals surface area contributed by atoms with E-state index >= 15 is 0 Å². The minimum atomic E-state index is -5.17. The van der Waals surface area contributed by atoms with Crippen LogP contribution in [0.5, 0.6) is 5.75 Å². The number of ether oxygens (including phenoxy) is 1. The van der Waals surface area contributed by atoms with Crippen LogP contribution in [-0.2, 0) is 14.4 Å². The molecule has 3 rings (SSSR count). The molecule has 2 aromatic rings. The average Bonchev–Trinajstić information content (AvgIpc) is 2.79. The maximum absolute atomic E-state index is 14.8. The summed E-state index contributed by atoms with van der Waals surface area (Å²) in [5, 5.41) is 11.7. The van der Waals surface area contributed by atoms with Crippen LogP contribution in [0.3, 0.4) is 0 Å². The molecule has 0 spiro atoms. The number of aliphatic imine (C=N–C) groups is 1. The third-order valence-corrected chi connectivity index (χ3v) is 5.87. The van der Waals surface area contributed by atoms with Crippen LogP contribution < -0.4 is 10.1 Å². The highest BCUT2D eigenvalue weighted by atomic mass is 19.4. The minimum Gasteiger partial charge on any atom is -0.481 e. The Kier molecular flexibility index (Phi) is 7.70. The normalized spacial score (nSPS) is 18.5. The van der Waals surface area contributed by atoms with Gasteiger partial charge in [-0.15, -0.1) is 13.2 Å². The van der Waals surface area contributed by atoms with Gasteiger partial charge in [0.2, 0.25) is 5.91 Å². The number of hydrogen-bond donors (Lipinski definition) is 2. The SMILES string of the molecule is CC(C)(C)C1(C(=O)NC(c2ccc(OC(F)(F)F)c(F)c2)c2ncccc2F)C=NC(=O)C(CC(=O)O)=C1. The lowest BCUT2D eigenvalue weighted by Gasteiger charge is -2.40. The molecule has 2 N–H and O–H groups in total. The van der Waals surface area contributed by atoms with E-state index < -0.39 is 64.8 Å². The number of aliphatic carboxylic acids is 1. The summed E-state index contributed by atoms with van der Waals surface area (Å²) in [6.45, 7) is 4.84. The van der Waals surface area contributed by atoms with Gasteiger partial charge in [-0.1, -0.05) is 32.9 Å². The van der Waals surface area contributed by atoms with E-state index in [4.69, 9.17) is 0 Å². The van der Waals surface area contributed by atoms with Gasteiger partial charge in [-0.25, -0.2) is 13.8 Å². The number of pyridine rings is 1. The molecule has 202 valence electrons. The van der Waals surface area contributed by atoms with Gasteiger partial charge in [-0.2, -0.15) is 0 Å². The summed E-state index contributed by atoms with van der Waals surface area (Å²) in [7, 11) is 0. The van der Waals surface area contributed by atoms with E-state index in [2.05, 4.69) is 20.0 Å². The highest BCUT2D eigenvalue weighted by Crippen LogP contribution is 2.43. The molecule has 0 aliphatic carbocycles. The number of carbonyl (C=O) groups excluding carboxylic acids is 2. The van der Waals surface area contributed by atoms with E-state index in [-0.39, 0.29) is 16.8 Å². The number of carboxylic acid groups (broad SMARTS) is 1. The van der Waals surface area contributed by atoms with Crippen LogP contribution in [0, 0.1) is 22.5 Å². The number of alkyl halides is 3. The molecule has 1 aliphatic rings. The average molecular weight is 539 g/mol. The van der Waals surface area contributed by atoms with Gasteiger partial charge in [0.1, 0.15) is 16.9 Å². The van der Waals surface area contributed by atoms with Crippen molar-refractivity contribution in [1.82, 2.24) is 10.3 Å². The first-order valence-electron chi connectivity index (χ1n) is 11.0. The number of benzene rings is 1. The molecule has 2 heterocycles. The third-order valence-electron chi connectivity index (χ3n) is 5.87. The number of nitrogens with one attached hydrogen (secondary N) is 1. The van der Waals surface area contributed by atoms with Gasteiger partial charge < -0.3 is 15.2 Å². The fourth-order valence-electron chi connectivity index (χ4n) is 3.86. The van der Waals surface area contributed by atoms with Crippen LogP contribution in [0.2, 0.25) is 0 Å². The zero-order valence-corrected chi connectivity index (χ0v) is 20.3. The molecule has 0 saturated heterocycles. The van der Waals surface area contributed by atoms with Crippen molar-refractivity contribution in [3.8, 4) is 5.75 Å².